The van der Waals surface area contributed by atoms with Gasteiger partial charge in [-0.2, -0.15) is 0 Å². The molecule has 4 heteroatoms. The predicted octanol–water partition coefficient (Wildman–Crippen LogP) is 2.53. The van der Waals surface area contributed by atoms with E-state index in [-0.39, 0.29) is 0 Å². The summed E-state index contributed by atoms with van der Waals surface area (Å²) in [6.45, 7) is 10.7. The van der Waals surface area contributed by atoms with Gasteiger partial charge in [0.2, 0.25) is 0 Å². The smallest absolute Gasteiger partial charge is 0.133 e. The molecule has 0 aromatic carbocycles. The van der Waals surface area contributed by atoms with E-state index in [1.54, 1.807) is 0 Å². The Balaban J connectivity index is 2.80. The number of pyridine rings is 1. The molecular weight excluding hydrogens is 248 g/mol. The van der Waals surface area contributed by atoms with Crippen LogP contribution < -0.4 is 10.2 Å². The van der Waals surface area contributed by atoms with Gasteiger partial charge in [0.25, 0.3) is 0 Å². The van der Waals surface area contributed by atoms with Gasteiger partial charge < -0.3 is 15.1 Å². The Labute approximate surface area is 124 Å². The van der Waals surface area contributed by atoms with Crippen LogP contribution in [0, 0.1) is 0 Å². The molecule has 1 aromatic rings. The molecule has 1 atom stereocenters. The first-order valence-electron chi connectivity index (χ1n) is 7.68. The highest BCUT2D eigenvalue weighted by Gasteiger charge is 2.15. The fourth-order valence-corrected chi connectivity index (χ4v) is 2.42. The lowest BCUT2D eigenvalue weighted by atomic mass is 10.1. The molecule has 20 heavy (non-hydrogen) atoms. The number of rotatable bonds is 9. The Morgan fingerprint density at radius 2 is 2.00 bits per heavy atom. The molecular formula is C16H30N4. The molecule has 0 saturated carbocycles. The molecule has 0 fully saturated rings. The number of nitrogens with zero attached hydrogens (tertiary/aromatic N) is 3. The Bertz CT molecular complexity index is 378. The van der Waals surface area contributed by atoms with E-state index in [4.69, 9.17) is 0 Å². The molecule has 0 amide bonds. The molecule has 1 unspecified atom stereocenters. The molecule has 4 nitrogen and oxygen atoms in total. The first-order chi connectivity index (χ1) is 9.60. The van der Waals surface area contributed by atoms with Crippen LogP contribution in [0.4, 0.5) is 5.82 Å². The van der Waals surface area contributed by atoms with Crippen molar-refractivity contribution in [2.24, 2.45) is 0 Å². The quantitative estimate of drug-likeness (QED) is 0.752. The topological polar surface area (TPSA) is 31.4 Å². The van der Waals surface area contributed by atoms with Gasteiger partial charge in [-0.25, -0.2) is 4.98 Å². The molecule has 0 radical (unpaired) electrons. The zero-order chi connectivity index (χ0) is 15.0. The zero-order valence-corrected chi connectivity index (χ0v) is 13.7. The van der Waals surface area contributed by atoms with Crippen molar-refractivity contribution < 1.29 is 0 Å². The standard InChI is InChI=1S/C16H30N4/c1-6-17-14(3)15-10-8-11-18-16(15)20(7-2)13-9-12-19(4)5/h8,10-11,14,17H,6-7,9,12-13H2,1-5H3. The molecule has 0 saturated heterocycles. The monoisotopic (exact) mass is 278 g/mol. The second kappa shape index (κ2) is 8.93. The largest absolute Gasteiger partial charge is 0.357 e. The lowest BCUT2D eigenvalue weighted by molar-refractivity contribution is 0.400. The summed E-state index contributed by atoms with van der Waals surface area (Å²) >= 11 is 0. The average Bonchev–Trinajstić information content (AvgIpc) is 2.44. The lowest BCUT2D eigenvalue weighted by Crippen LogP contribution is -2.30. The minimum absolute atomic E-state index is 0.339. The van der Waals surface area contributed by atoms with Gasteiger partial charge >= 0.3 is 0 Å². The van der Waals surface area contributed by atoms with E-state index in [2.05, 4.69) is 61.0 Å². The van der Waals surface area contributed by atoms with E-state index in [9.17, 15) is 0 Å². The summed E-state index contributed by atoms with van der Waals surface area (Å²) in [5, 5.41) is 3.48. The van der Waals surface area contributed by atoms with Crippen LogP contribution >= 0.6 is 0 Å². The Morgan fingerprint density at radius 3 is 2.60 bits per heavy atom. The van der Waals surface area contributed by atoms with Crippen molar-refractivity contribution in [3.8, 4) is 0 Å². The van der Waals surface area contributed by atoms with Gasteiger partial charge in [-0.3, -0.25) is 0 Å². The molecule has 114 valence electrons. The number of hydrogen-bond donors (Lipinski definition) is 1. The number of anilines is 1. The van der Waals surface area contributed by atoms with E-state index in [0.717, 1.165) is 38.4 Å². The van der Waals surface area contributed by atoms with Crippen molar-refractivity contribution >= 4 is 5.82 Å². The van der Waals surface area contributed by atoms with Crippen molar-refractivity contribution in [1.82, 2.24) is 15.2 Å². The highest BCUT2D eigenvalue weighted by Crippen LogP contribution is 2.23. The van der Waals surface area contributed by atoms with Gasteiger partial charge in [-0.05, 0) is 53.5 Å². The number of aromatic nitrogens is 1. The molecule has 0 spiro atoms. The third kappa shape index (κ3) is 5.10. The molecule has 1 N–H and O–H groups in total. The zero-order valence-electron chi connectivity index (χ0n) is 13.7. The second-order valence-electron chi connectivity index (χ2n) is 5.43. The third-order valence-corrected chi connectivity index (χ3v) is 3.51. The maximum atomic E-state index is 4.62. The van der Waals surface area contributed by atoms with Gasteiger partial charge in [0.05, 0.1) is 0 Å². The van der Waals surface area contributed by atoms with Crippen LogP contribution in [-0.4, -0.2) is 50.2 Å². The first-order valence-corrected chi connectivity index (χ1v) is 7.68. The van der Waals surface area contributed by atoms with Gasteiger partial charge in [0, 0.05) is 30.9 Å². The van der Waals surface area contributed by atoms with E-state index in [1.807, 2.05) is 12.3 Å². The molecule has 0 bridgehead atoms. The fourth-order valence-electron chi connectivity index (χ4n) is 2.42. The van der Waals surface area contributed by atoms with Gasteiger partial charge in [0.1, 0.15) is 5.82 Å². The van der Waals surface area contributed by atoms with Gasteiger partial charge in [0.15, 0.2) is 0 Å². The Morgan fingerprint density at radius 1 is 1.25 bits per heavy atom. The van der Waals surface area contributed by atoms with Crippen LogP contribution in [0.1, 0.15) is 38.8 Å². The number of nitrogens with one attached hydrogen (secondary N) is 1. The van der Waals surface area contributed by atoms with Crippen LogP contribution in [0.3, 0.4) is 0 Å². The fraction of sp³-hybridized carbons (Fsp3) is 0.688. The normalized spacial score (nSPS) is 12.7. The second-order valence-corrected chi connectivity index (χ2v) is 5.43. The summed E-state index contributed by atoms with van der Waals surface area (Å²) in [7, 11) is 4.24. The van der Waals surface area contributed by atoms with Gasteiger partial charge in [-0.1, -0.05) is 13.0 Å². The molecule has 1 heterocycles. The summed E-state index contributed by atoms with van der Waals surface area (Å²) in [5.74, 6) is 1.13. The van der Waals surface area contributed by atoms with Crippen molar-refractivity contribution in [2.45, 2.75) is 33.2 Å². The van der Waals surface area contributed by atoms with Crippen LogP contribution in [0.5, 0.6) is 0 Å². The maximum absolute atomic E-state index is 4.62. The summed E-state index contributed by atoms with van der Waals surface area (Å²) in [6.07, 6.45) is 3.05. The summed E-state index contributed by atoms with van der Waals surface area (Å²) < 4.78 is 0. The lowest BCUT2D eigenvalue weighted by Gasteiger charge is -2.27. The SMILES string of the molecule is CCNC(C)c1cccnc1N(CC)CCCN(C)C. The Hall–Kier alpha value is -1.13. The highest BCUT2D eigenvalue weighted by atomic mass is 15.2. The average molecular weight is 278 g/mol. The molecule has 0 aliphatic heterocycles. The van der Waals surface area contributed by atoms with E-state index < -0.39 is 0 Å². The first kappa shape index (κ1) is 16.9. The summed E-state index contributed by atoms with van der Waals surface area (Å²) in [5.41, 5.74) is 1.29. The maximum Gasteiger partial charge on any atom is 0.133 e. The molecule has 0 aliphatic rings. The van der Waals surface area contributed by atoms with Crippen molar-refractivity contribution in [3.63, 3.8) is 0 Å². The van der Waals surface area contributed by atoms with E-state index in [0.29, 0.717) is 6.04 Å². The van der Waals surface area contributed by atoms with Gasteiger partial charge in [-0.15, -0.1) is 0 Å². The Kier molecular flexibility index (Phi) is 7.55. The van der Waals surface area contributed by atoms with E-state index >= 15 is 0 Å². The third-order valence-electron chi connectivity index (χ3n) is 3.51. The van der Waals surface area contributed by atoms with Crippen LogP contribution in [-0.2, 0) is 0 Å². The van der Waals surface area contributed by atoms with E-state index in [1.165, 1.54) is 5.56 Å². The minimum atomic E-state index is 0.339. The van der Waals surface area contributed by atoms with Crippen molar-refractivity contribution in [3.05, 3.63) is 23.9 Å². The minimum Gasteiger partial charge on any atom is -0.357 e. The summed E-state index contributed by atoms with van der Waals surface area (Å²) in [4.78, 5) is 9.24. The highest BCUT2D eigenvalue weighted by molar-refractivity contribution is 5.48. The van der Waals surface area contributed by atoms with Crippen molar-refractivity contribution in [1.29, 1.82) is 0 Å². The predicted molar refractivity (Wildman–Crippen MR) is 87.4 cm³/mol. The molecule has 1 rings (SSSR count). The molecule has 0 aliphatic carbocycles. The van der Waals surface area contributed by atoms with Crippen LogP contribution in [0.2, 0.25) is 0 Å². The van der Waals surface area contributed by atoms with Crippen molar-refractivity contribution in [2.75, 3.05) is 45.2 Å². The van der Waals surface area contributed by atoms with Crippen LogP contribution in [0.15, 0.2) is 18.3 Å². The number of hydrogen-bond acceptors (Lipinski definition) is 4. The molecule has 1 aromatic heterocycles. The summed E-state index contributed by atoms with van der Waals surface area (Å²) in [6, 6.07) is 4.55. The van der Waals surface area contributed by atoms with Crippen LogP contribution in [0.25, 0.3) is 0 Å².